The Kier molecular flexibility index (Phi) is 4.08. The van der Waals surface area contributed by atoms with Gasteiger partial charge in [0.25, 0.3) is 0 Å². The van der Waals surface area contributed by atoms with Gasteiger partial charge in [0.15, 0.2) is 0 Å². The fraction of sp³-hybridized carbons (Fsp3) is 0.875. The third kappa shape index (κ3) is 3.75. The highest BCUT2D eigenvalue weighted by atomic mass is 79.9. The number of ether oxygens (including phenoxy) is 1. The summed E-state index contributed by atoms with van der Waals surface area (Å²) in [5, 5.41) is 0. The first-order chi connectivity index (χ1) is 4.89. The highest BCUT2D eigenvalue weighted by Crippen LogP contribution is 2.26. The second-order valence-corrected chi connectivity index (χ2v) is 4.40. The van der Waals surface area contributed by atoms with E-state index >= 15 is 0 Å². The minimum absolute atomic E-state index is 0.0771. The zero-order valence-electron chi connectivity index (χ0n) is 7.48. The quantitative estimate of drug-likeness (QED) is 0.530. The molecule has 1 unspecified atom stereocenters. The van der Waals surface area contributed by atoms with Gasteiger partial charge in [0.2, 0.25) is 0 Å². The average molecular weight is 223 g/mol. The van der Waals surface area contributed by atoms with Crippen molar-refractivity contribution in [1.82, 2.24) is 0 Å². The Bertz CT molecular complexity index is 138. The topological polar surface area (TPSA) is 26.3 Å². The molecule has 0 aliphatic rings. The lowest BCUT2D eigenvalue weighted by Gasteiger charge is -2.23. The molecule has 0 fully saturated rings. The normalized spacial score (nSPS) is 14.3. The molecule has 11 heavy (non-hydrogen) atoms. The molecule has 0 aromatic carbocycles. The predicted octanol–water partition coefficient (Wildman–Crippen LogP) is 2.36. The van der Waals surface area contributed by atoms with Crippen LogP contribution in [0, 0.1) is 5.41 Å². The Morgan fingerprint density at radius 1 is 1.55 bits per heavy atom. The molecule has 0 N–H and O–H groups in total. The second-order valence-electron chi connectivity index (χ2n) is 3.48. The standard InChI is InChI=1S/C8H15BrO2/c1-5-11-7(10)6(9)8(2,3)4/h6H,5H2,1-4H3. The lowest BCUT2D eigenvalue weighted by molar-refractivity contribution is -0.144. The zero-order valence-corrected chi connectivity index (χ0v) is 9.06. The third-order valence-corrected chi connectivity index (χ3v) is 3.00. The van der Waals surface area contributed by atoms with E-state index in [9.17, 15) is 4.79 Å². The van der Waals surface area contributed by atoms with Crippen molar-refractivity contribution in [2.24, 2.45) is 5.41 Å². The lowest BCUT2D eigenvalue weighted by Crippen LogP contribution is -2.30. The molecule has 0 heterocycles. The van der Waals surface area contributed by atoms with Crippen LogP contribution >= 0.6 is 15.9 Å². The number of carbonyl (C=O) groups is 1. The Morgan fingerprint density at radius 3 is 2.27 bits per heavy atom. The van der Waals surface area contributed by atoms with E-state index in [2.05, 4.69) is 15.9 Å². The molecule has 0 aliphatic heterocycles. The van der Waals surface area contributed by atoms with Crippen molar-refractivity contribution < 1.29 is 9.53 Å². The molecule has 0 aliphatic carbocycles. The Morgan fingerprint density at radius 2 is 2.00 bits per heavy atom. The van der Waals surface area contributed by atoms with Crippen molar-refractivity contribution in [3.63, 3.8) is 0 Å². The molecule has 0 aromatic rings. The van der Waals surface area contributed by atoms with Gasteiger partial charge in [0.05, 0.1) is 6.61 Å². The summed E-state index contributed by atoms with van der Waals surface area (Å²) in [6.45, 7) is 8.22. The van der Waals surface area contributed by atoms with Gasteiger partial charge < -0.3 is 4.74 Å². The molecular weight excluding hydrogens is 208 g/mol. The van der Waals surface area contributed by atoms with E-state index in [0.29, 0.717) is 6.61 Å². The SMILES string of the molecule is CCOC(=O)C(Br)C(C)(C)C. The molecule has 0 radical (unpaired) electrons. The second kappa shape index (κ2) is 4.10. The minimum atomic E-state index is -0.213. The molecule has 0 spiro atoms. The van der Waals surface area contributed by atoms with Gasteiger partial charge in [-0.25, -0.2) is 0 Å². The summed E-state index contributed by atoms with van der Waals surface area (Å²) in [6, 6.07) is 0. The summed E-state index contributed by atoms with van der Waals surface area (Å²) in [5.41, 5.74) is -0.0771. The van der Waals surface area contributed by atoms with Gasteiger partial charge in [-0.3, -0.25) is 4.79 Å². The van der Waals surface area contributed by atoms with Gasteiger partial charge in [0.1, 0.15) is 4.83 Å². The first-order valence-electron chi connectivity index (χ1n) is 3.70. The van der Waals surface area contributed by atoms with Crippen molar-refractivity contribution in [2.75, 3.05) is 6.61 Å². The van der Waals surface area contributed by atoms with Crippen LogP contribution in [-0.2, 0) is 9.53 Å². The summed E-state index contributed by atoms with van der Waals surface area (Å²) < 4.78 is 4.84. The Balaban J connectivity index is 4.03. The van der Waals surface area contributed by atoms with Crippen LogP contribution in [-0.4, -0.2) is 17.4 Å². The summed E-state index contributed by atoms with van der Waals surface area (Å²) in [7, 11) is 0. The van der Waals surface area contributed by atoms with E-state index < -0.39 is 0 Å². The number of esters is 1. The van der Waals surface area contributed by atoms with Gasteiger partial charge >= 0.3 is 5.97 Å². The number of hydrogen-bond donors (Lipinski definition) is 0. The summed E-state index contributed by atoms with van der Waals surface area (Å²) >= 11 is 3.29. The molecule has 0 bridgehead atoms. The first-order valence-corrected chi connectivity index (χ1v) is 4.62. The number of alkyl halides is 1. The van der Waals surface area contributed by atoms with Crippen LogP contribution in [0.3, 0.4) is 0 Å². The number of rotatable bonds is 2. The van der Waals surface area contributed by atoms with E-state index in [-0.39, 0.29) is 16.2 Å². The molecule has 1 atom stereocenters. The maximum Gasteiger partial charge on any atom is 0.320 e. The largest absolute Gasteiger partial charge is 0.465 e. The molecule has 0 saturated heterocycles. The zero-order chi connectivity index (χ0) is 9.07. The van der Waals surface area contributed by atoms with Gasteiger partial charge in [-0.1, -0.05) is 36.7 Å². The van der Waals surface area contributed by atoms with Crippen LogP contribution in [0.4, 0.5) is 0 Å². The monoisotopic (exact) mass is 222 g/mol. The average Bonchev–Trinajstić information content (AvgIpc) is 1.85. The van der Waals surface area contributed by atoms with Gasteiger partial charge in [0, 0.05) is 0 Å². The van der Waals surface area contributed by atoms with Crippen molar-refractivity contribution in [3.8, 4) is 0 Å². The van der Waals surface area contributed by atoms with Gasteiger partial charge in [-0.2, -0.15) is 0 Å². The van der Waals surface area contributed by atoms with E-state index in [1.54, 1.807) is 6.92 Å². The summed E-state index contributed by atoms with van der Waals surface area (Å²) in [4.78, 5) is 10.9. The predicted molar refractivity (Wildman–Crippen MR) is 48.8 cm³/mol. The molecule has 0 saturated carbocycles. The fourth-order valence-corrected chi connectivity index (χ4v) is 0.701. The maximum absolute atomic E-state index is 11.1. The highest BCUT2D eigenvalue weighted by Gasteiger charge is 2.29. The minimum Gasteiger partial charge on any atom is -0.465 e. The van der Waals surface area contributed by atoms with Crippen molar-refractivity contribution in [3.05, 3.63) is 0 Å². The van der Waals surface area contributed by atoms with E-state index in [0.717, 1.165) is 0 Å². The maximum atomic E-state index is 11.1. The van der Waals surface area contributed by atoms with Crippen molar-refractivity contribution >= 4 is 21.9 Å². The molecule has 66 valence electrons. The van der Waals surface area contributed by atoms with E-state index in [1.807, 2.05) is 20.8 Å². The van der Waals surface area contributed by atoms with Gasteiger partial charge in [-0.05, 0) is 12.3 Å². The molecule has 2 nitrogen and oxygen atoms in total. The molecule has 3 heteroatoms. The van der Waals surface area contributed by atoms with Crippen molar-refractivity contribution in [1.29, 1.82) is 0 Å². The number of carbonyl (C=O) groups excluding carboxylic acids is 1. The van der Waals surface area contributed by atoms with Crippen molar-refractivity contribution in [2.45, 2.75) is 32.5 Å². The number of hydrogen-bond acceptors (Lipinski definition) is 2. The van der Waals surface area contributed by atoms with Gasteiger partial charge in [-0.15, -0.1) is 0 Å². The lowest BCUT2D eigenvalue weighted by atomic mass is 9.92. The number of halogens is 1. The fourth-order valence-electron chi connectivity index (χ4n) is 0.569. The van der Waals surface area contributed by atoms with Crippen LogP contribution in [0.25, 0.3) is 0 Å². The molecule has 0 amide bonds. The van der Waals surface area contributed by atoms with Crippen LogP contribution in [0.2, 0.25) is 0 Å². The third-order valence-electron chi connectivity index (χ3n) is 1.25. The van der Waals surface area contributed by atoms with Crippen LogP contribution in [0.5, 0.6) is 0 Å². The smallest absolute Gasteiger partial charge is 0.320 e. The summed E-state index contributed by atoms with van der Waals surface area (Å²) in [5.74, 6) is -0.181. The van der Waals surface area contributed by atoms with Crippen LogP contribution in [0.1, 0.15) is 27.7 Å². The summed E-state index contributed by atoms with van der Waals surface area (Å²) in [6.07, 6.45) is 0. The van der Waals surface area contributed by atoms with Crippen LogP contribution in [0.15, 0.2) is 0 Å². The highest BCUT2D eigenvalue weighted by molar-refractivity contribution is 9.10. The molecule has 0 aromatic heterocycles. The molecular formula is C8H15BrO2. The first kappa shape index (κ1) is 11.0. The van der Waals surface area contributed by atoms with E-state index in [1.165, 1.54) is 0 Å². The van der Waals surface area contributed by atoms with E-state index in [4.69, 9.17) is 4.74 Å². The Hall–Kier alpha value is -0.0500. The molecule has 0 rings (SSSR count). The Labute approximate surface area is 76.4 Å². The van der Waals surface area contributed by atoms with Crippen LogP contribution < -0.4 is 0 Å².